The maximum atomic E-state index is 12.4. The average Bonchev–Trinajstić information content (AvgIpc) is 2.90. The molecule has 0 spiro atoms. The molecule has 24 heavy (non-hydrogen) atoms. The molecule has 0 unspecified atom stereocenters. The second kappa shape index (κ2) is 7.68. The van der Waals surface area contributed by atoms with Crippen molar-refractivity contribution in [2.45, 2.75) is 20.0 Å². The molecule has 1 aromatic heterocycles. The van der Waals surface area contributed by atoms with Crippen LogP contribution in [0.5, 0.6) is 0 Å². The van der Waals surface area contributed by atoms with E-state index in [-0.39, 0.29) is 5.91 Å². The minimum Gasteiger partial charge on any atom is -0.339 e. The Bertz CT molecular complexity index is 708. The van der Waals surface area contributed by atoms with Crippen LogP contribution in [-0.2, 0) is 17.9 Å². The van der Waals surface area contributed by atoms with Gasteiger partial charge in [0.05, 0.1) is 16.4 Å². The summed E-state index contributed by atoms with van der Waals surface area (Å²) in [4.78, 5) is 16.7. The molecular weight excluding hydrogens is 392 g/mol. The van der Waals surface area contributed by atoms with Crippen molar-refractivity contribution in [3.05, 3.63) is 51.2 Å². The highest BCUT2D eigenvalue weighted by Crippen LogP contribution is 2.15. The van der Waals surface area contributed by atoms with Crippen LogP contribution in [0.25, 0.3) is 0 Å². The summed E-state index contributed by atoms with van der Waals surface area (Å²) in [5, 5.41) is 4.99. The number of piperazine rings is 1. The molecule has 0 aliphatic carbocycles. The second-order valence-corrected chi connectivity index (χ2v) is 7.31. The molecule has 2 aromatic rings. The van der Waals surface area contributed by atoms with Crippen molar-refractivity contribution in [2.75, 3.05) is 26.2 Å². The molecule has 0 saturated carbocycles. The smallest absolute Gasteiger partial charge is 0.244 e. The van der Waals surface area contributed by atoms with Gasteiger partial charge in [0.2, 0.25) is 5.91 Å². The van der Waals surface area contributed by atoms with Gasteiger partial charge >= 0.3 is 0 Å². The summed E-state index contributed by atoms with van der Waals surface area (Å²) in [5.41, 5.74) is 2.22. The quantitative estimate of drug-likeness (QED) is 0.777. The maximum Gasteiger partial charge on any atom is 0.244 e. The van der Waals surface area contributed by atoms with Gasteiger partial charge in [0.1, 0.15) is 6.54 Å². The molecule has 1 fully saturated rings. The first-order chi connectivity index (χ1) is 11.5. The minimum absolute atomic E-state index is 0.125. The zero-order valence-electron chi connectivity index (χ0n) is 13.6. The molecule has 1 aliphatic heterocycles. The van der Waals surface area contributed by atoms with E-state index < -0.39 is 0 Å². The molecule has 2 heterocycles. The van der Waals surface area contributed by atoms with Crippen LogP contribution < -0.4 is 0 Å². The first-order valence-corrected chi connectivity index (χ1v) is 9.12. The SMILES string of the molecule is Cc1c(Br)cnn1CC(=O)N1CCN(Cc2ccc(Cl)cc2)CC1. The first kappa shape index (κ1) is 17.5. The van der Waals surface area contributed by atoms with Gasteiger partial charge in [-0.3, -0.25) is 14.4 Å². The van der Waals surface area contributed by atoms with Gasteiger partial charge in [-0.25, -0.2) is 0 Å². The summed E-state index contributed by atoms with van der Waals surface area (Å²) in [5.74, 6) is 0.125. The van der Waals surface area contributed by atoms with Crippen LogP contribution in [-0.4, -0.2) is 51.7 Å². The van der Waals surface area contributed by atoms with Crippen LogP contribution in [0.2, 0.25) is 5.02 Å². The Morgan fingerprint density at radius 1 is 1.21 bits per heavy atom. The fraction of sp³-hybridized carbons (Fsp3) is 0.412. The Morgan fingerprint density at radius 2 is 1.88 bits per heavy atom. The molecule has 0 N–H and O–H groups in total. The molecule has 1 saturated heterocycles. The van der Waals surface area contributed by atoms with Gasteiger partial charge in [-0.2, -0.15) is 5.10 Å². The number of hydrogen-bond acceptors (Lipinski definition) is 3. The van der Waals surface area contributed by atoms with Crippen LogP contribution in [0.3, 0.4) is 0 Å². The van der Waals surface area contributed by atoms with Crippen LogP contribution in [0, 0.1) is 6.92 Å². The molecule has 1 aliphatic rings. The van der Waals surface area contributed by atoms with Crippen LogP contribution in [0.4, 0.5) is 0 Å². The van der Waals surface area contributed by atoms with Gasteiger partial charge in [0, 0.05) is 37.7 Å². The van der Waals surface area contributed by atoms with Gasteiger partial charge in [-0.15, -0.1) is 0 Å². The van der Waals surface area contributed by atoms with Crippen LogP contribution in [0.1, 0.15) is 11.3 Å². The van der Waals surface area contributed by atoms with Crippen molar-refractivity contribution in [3.8, 4) is 0 Å². The van der Waals surface area contributed by atoms with Gasteiger partial charge in [-0.1, -0.05) is 23.7 Å². The molecule has 7 heteroatoms. The Balaban J connectivity index is 1.50. The van der Waals surface area contributed by atoms with E-state index in [2.05, 4.69) is 38.1 Å². The highest BCUT2D eigenvalue weighted by atomic mass is 79.9. The highest BCUT2D eigenvalue weighted by Gasteiger charge is 2.22. The molecule has 1 amide bonds. The van der Waals surface area contributed by atoms with Crippen molar-refractivity contribution < 1.29 is 4.79 Å². The van der Waals surface area contributed by atoms with Crippen molar-refractivity contribution in [1.29, 1.82) is 0 Å². The third-order valence-electron chi connectivity index (χ3n) is 4.37. The number of carbonyl (C=O) groups is 1. The molecule has 0 radical (unpaired) electrons. The van der Waals surface area contributed by atoms with Crippen LogP contribution >= 0.6 is 27.5 Å². The average molecular weight is 412 g/mol. The first-order valence-electron chi connectivity index (χ1n) is 7.95. The number of carbonyl (C=O) groups excluding carboxylic acids is 1. The van der Waals surface area contributed by atoms with Gasteiger partial charge in [-0.05, 0) is 40.5 Å². The second-order valence-electron chi connectivity index (χ2n) is 6.02. The van der Waals surface area contributed by atoms with Crippen LogP contribution in [0.15, 0.2) is 34.9 Å². The maximum absolute atomic E-state index is 12.4. The zero-order valence-corrected chi connectivity index (χ0v) is 15.9. The number of hydrogen-bond donors (Lipinski definition) is 0. The van der Waals surface area contributed by atoms with Gasteiger partial charge in [0.15, 0.2) is 0 Å². The van der Waals surface area contributed by atoms with Crippen molar-refractivity contribution in [2.24, 2.45) is 0 Å². The summed E-state index contributed by atoms with van der Waals surface area (Å²) < 4.78 is 2.68. The summed E-state index contributed by atoms with van der Waals surface area (Å²) in [6.45, 7) is 6.43. The van der Waals surface area contributed by atoms with E-state index in [0.717, 1.165) is 47.9 Å². The third kappa shape index (κ3) is 4.18. The van der Waals surface area contributed by atoms with Crippen molar-refractivity contribution in [3.63, 3.8) is 0 Å². The molecule has 3 rings (SSSR count). The molecule has 1 aromatic carbocycles. The Hall–Kier alpha value is -1.37. The summed E-state index contributed by atoms with van der Waals surface area (Å²) in [7, 11) is 0. The van der Waals surface area contributed by atoms with Gasteiger partial charge in [0.25, 0.3) is 0 Å². The Morgan fingerprint density at radius 3 is 2.46 bits per heavy atom. The predicted octanol–water partition coefficient (Wildman–Crippen LogP) is 2.95. The number of rotatable bonds is 4. The van der Waals surface area contributed by atoms with E-state index in [0.29, 0.717) is 6.54 Å². The van der Waals surface area contributed by atoms with Crippen molar-refractivity contribution in [1.82, 2.24) is 19.6 Å². The Labute approximate surface area is 155 Å². The highest BCUT2D eigenvalue weighted by molar-refractivity contribution is 9.10. The van der Waals surface area contributed by atoms with E-state index in [1.54, 1.807) is 10.9 Å². The lowest BCUT2D eigenvalue weighted by Gasteiger charge is -2.34. The monoisotopic (exact) mass is 410 g/mol. The summed E-state index contributed by atoms with van der Waals surface area (Å²) >= 11 is 9.34. The Kier molecular flexibility index (Phi) is 5.58. The minimum atomic E-state index is 0.125. The van der Waals surface area contributed by atoms with E-state index in [1.807, 2.05) is 24.0 Å². The zero-order chi connectivity index (χ0) is 17.1. The molecule has 128 valence electrons. The lowest BCUT2D eigenvalue weighted by atomic mass is 10.2. The predicted molar refractivity (Wildman–Crippen MR) is 98.0 cm³/mol. The number of nitrogens with zero attached hydrogens (tertiary/aromatic N) is 4. The number of benzene rings is 1. The largest absolute Gasteiger partial charge is 0.339 e. The normalized spacial score (nSPS) is 15.7. The molecular formula is C17H20BrClN4O. The lowest BCUT2D eigenvalue weighted by molar-refractivity contribution is -0.133. The molecule has 0 bridgehead atoms. The fourth-order valence-electron chi connectivity index (χ4n) is 2.81. The topological polar surface area (TPSA) is 41.4 Å². The van der Waals surface area contributed by atoms with Gasteiger partial charge < -0.3 is 4.90 Å². The van der Waals surface area contributed by atoms with Crippen molar-refractivity contribution >= 4 is 33.4 Å². The summed E-state index contributed by atoms with van der Waals surface area (Å²) in [6, 6.07) is 7.94. The van der Waals surface area contributed by atoms with E-state index in [1.165, 1.54) is 5.56 Å². The molecule has 0 atom stereocenters. The summed E-state index contributed by atoms with van der Waals surface area (Å²) in [6.07, 6.45) is 1.73. The lowest BCUT2D eigenvalue weighted by Crippen LogP contribution is -2.49. The fourth-order valence-corrected chi connectivity index (χ4v) is 3.24. The van der Waals surface area contributed by atoms with E-state index >= 15 is 0 Å². The standard InChI is InChI=1S/C17H20BrClN4O/c1-13-16(18)10-20-23(13)12-17(24)22-8-6-21(7-9-22)11-14-2-4-15(19)5-3-14/h2-5,10H,6-9,11-12H2,1H3. The number of amides is 1. The molecule has 5 nitrogen and oxygen atoms in total. The van der Waals surface area contributed by atoms with E-state index in [4.69, 9.17) is 11.6 Å². The number of aromatic nitrogens is 2. The number of halogens is 2. The third-order valence-corrected chi connectivity index (χ3v) is 5.40. The van der Waals surface area contributed by atoms with E-state index in [9.17, 15) is 4.79 Å².